The Morgan fingerprint density at radius 2 is 2.00 bits per heavy atom. The predicted octanol–water partition coefficient (Wildman–Crippen LogP) is 4.14. The highest BCUT2D eigenvalue weighted by Crippen LogP contribution is 2.36. The number of rotatable bonds is 9. The molecule has 0 bridgehead atoms. The van der Waals surface area contributed by atoms with Crippen molar-refractivity contribution >= 4 is 33.6 Å². The van der Waals surface area contributed by atoms with Gasteiger partial charge in [0.05, 0.1) is 30.0 Å². The number of carbonyl (C=O) groups excluding carboxylic acids is 1. The summed E-state index contributed by atoms with van der Waals surface area (Å²) in [6, 6.07) is 9.84. The molecule has 0 saturated heterocycles. The van der Waals surface area contributed by atoms with Crippen LogP contribution >= 0.6 is 15.9 Å². The Morgan fingerprint density at radius 1 is 1.24 bits per heavy atom. The molecule has 202 valence electrons. The van der Waals surface area contributed by atoms with Crippen LogP contribution in [0.4, 0.5) is 5.82 Å². The van der Waals surface area contributed by atoms with Gasteiger partial charge in [0.15, 0.2) is 0 Å². The maximum atomic E-state index is 12.6. The van der Waals surface area contributed by atoms with Gasteiger partial charge in [-0.05, 0) is 53.1 Å². The van der Waals surface area contributed by atoms with Crippen LogP contribution in [0.3, 0.4) is 0 Å². The molecule has 0 spiro atoms. The lowest BCUT2D eigenvalue weighted by atomic mass is 9.82. The first-order valence-corrected chi connectivity index (χ1v) is 13.5. The van der Waals surface area contributed by atoms with Gasteiger partial charge in [-0.2, -0.15) is 5.10 Å². The third-order valence-electron chi connectivity index (χ3n) is 6.91. The van der Waals surface area contributed by atoms with Gasteiger partial charge in [-0.1, -0.05) is 48.8 Å². The average Bonchev–Trinajstić information content (AvgIpc) is 3.23. The van der Waals surface area contributed by atoms with E-state index in [-0.39, 0.29) is 28.8 Å². The maximum absolute atomic E-state index is 12.6. The minimum atomic E-state index is -1.03. The van der Waals surface area contributed by atoms with E-state index < -0.39 is 24.4 Å². The van der Waals surface area contributed by atoms with Gasteiger partial charge in [-0.15, -0.1) is 0 Å². The number of aryl methyl sites for hydroxylation is 3. The summed E-state index contributed by atoms with van der Waals surface area (Å²) in [5.41, 5.74) is 9.92. The Kier molecular flexibility index (Phi) is 8.22. The van der Waals surface area contributed by atoms with E-state index in [4.69, 9.17) is 10.7 Å². The Balaban J connectivity index is 1.75. The van der Waals surface area contributed by atoms with Gasteiger partial charge in [0.2, 0.25) is 0 Å². The molecule has 9 nitrogen and oxygen atoms in total. The number of halogens is 1. The third kappa shape index (κ3) is 6.07. The van der Waals surface area contributed by atoms with E-state index in [1.54, 1.807) is 4.68 Å². The molecule has 1 atom stereocenters. The number of aromatic nitrogens is 3. The van der Waals surface area contributed by atoms with Crippen LogP contribution in [0.15, 0.2) is 34.8 Å². The zero-order valence-electron chi connectivity index (χ0n) is 21.9. The quantitative estimate of drug-likeness (QED) is 0.296. The van der Waals surface area contributed by atoms with Crippen LogP contribution < -0.4 is 11.1 Å². The van der Waals surface area contributed by atoms with E-state index in [1.165, 1.54) is 5.56 Å². The highest BCUT2D eigenvalue weighted by Gasteiger charge is 2.31. The third-order valence-corrected chi connectivity index (χ3v) is 7.37. The van der Waals surface area contributed by atoms with Gasteiger partial charge >= 0.3 is 5.97 Å². The molecule has 1 aromatic carbocycles. The van der Waals surface area contributed by atoms with E-state index >= 15 is 0 Å². The van der Waals surface area contributed by atoms with Gasteiger partial charge < -0.3 is 21.3 Å². The van der Waals surface area contributed by atoms with Crippen molar-refractivity contribution in [1.29, 1.82) is 0 Å². The van der Waals surface area contributed by atoms with Crippen LogP contribution in [0, 0.1) is 0 Å². The number of carboxylic acid groups (broad SMARTS) is 1. The van der Waals surface area contributed by atoms with Gasteiger partial charge in [0.1, 0.15) is 5.82 Å². The Bertz CT molecular complexity index is 1360. The number of aliphatic hydroxyl groups is 1. The van der Waals surface area contributed by atoms with Crippen LogP contribution in [-0.4, -0.2) is 43.4 Å². The molecule has 10 heteroatoms. The first kappa shape index (κ1) is 27.8. The van der Waals surface area contributed by atoms with Gasteiger partial charge in [-0.3, -0.25) is 14.3 Å². The van der Waals surface area contributed by atoms with Crippen LogP contribution in [0.5, 0.6) is 0 Å². The van der Waals surface area contributed by atoms with Crippen molar-refractivity contribution in [2.75, 3.05) is 11.9 Å². The second-order valence-corrected chi connectivity index (χ2v) is 11.6. The number of hydrogen-bond donors (Lipinski definition) is 4. The average molecular weight is 585 g/mol. The number of anilines is 1. The lowest BCUT2D eigenvalue weighted by Gasteiger charge is -2.23. The summed E-state index contributed by atoms with van der Waals surface area (Å²) in [5, 5.41) is 28.0. The molecule has 0 fully saturated rings. The number of pyridine rings is 1. The topological polar surface area (TPSA) is 143 Å². The molecule has 0 aliphatic carbocycles. The zero-order valence-corrected chi connectivity index (χ0v) is 23.5. The summed E-state index contributed by atoms with van der Waals surface area (Å²) in [5.74, 6) is -1.64. The van der Waals surface area contributed by atoms with Gasteiger partial charge in [0, 0.05) is 35.6 Å². The minimum absolute atomic E-state index is 0.0658. The molecular weight excluding hydrogens is 550 g/mol. The zero-order chi connectivity index (χ0) is 27.6. The first-order valence-electron chi connectivity index (χ1n) is 12.7. The Morgan fingerprint density at radius 3 is 2.66 bits per heavy atom. The predicted molar refractivity (Wildman–Crippen MR) is 148 cm³/mol. The molecule has 0 radical (unpaired) electrons. The van der Waals surface area contributed by atoms with Crippen LogP contribution in [0.2, 0.25) is 0 Å². The highest BCUT2D eigenvalue weighted by atomic mass is 79.9. The smallest absolute Gasteiger partial charge is 0.304 e. The van der Waals surface area contributed by atoms with Crippen LogP contribution in [-0.2, 0) is 36.2 Å². The number of nitrogens with two attached hydrogens (primary N) is 1. The number of nitrogens with one attached hydrogen (secondary N) is 1. The summed E-state index contributed by atoms with van der Waals surface area (Å²) in [6.07, 6.45) is 2.29. The standard InChI is InChI=1S/C28H34BrN5O4/c1-28(2,3)18-11-17(12-19(29)13-18)21(14-23(36)37)25-24(26(30)38)22(15-35)34(33-25)10-8-20-7-6-16-5-4-9-31-27(16)32-20/h6-7,11-13,21,35H,4-5,8-10,14-15H2,1-3H3,(H2,30,38)(H,31,32)(H,36,37)/t21-/m0/s1. The number of aliphatic carboxylic acids is 1. The Labute approximate surface area is 230 Å². The van der Waals surface area contributed by atoms with Gasteiger partial charge in [0.25, 0.3) is 5.91 Å². The second-order valence-electron chi connectivity index (χ2n) is 10.7. The number of fused-ring (bicyclic) bond motifs is 1. The van der Waals surface area contributed by atoms with Crippen LogP contribution in [0.1, 0.15) is 83.7 Å². The number of amides is 1. The summed E-state index contributed by atoms with van der Waals surface area (Å²) in [4.78, 5) is 29.3. The minimum Gasteiger partial charge on any atom is -0.481 e. The largest absolute Gasteiger partial charge is 0.481 e. The molecule has 0 unspecified atom stereocenters. The van der Waals surface area contributed by atoms with Crippen molar-refractivity contribution < 1.29 is 19.8 Å². The van der Waals surface area contributed by atoms with Gasteiger partial charge in [-0.25, -0.2) is 4.98 Å². The highest BCUT2D eigenvalue weighted by molar-refractivity contribution is 9.10. The number of nitrogens with zero attached hydrogens (tertiary/aromatic N) is 3. The molecule has 38 heavy (non-hydrogen) atoms. The summed E-state index contributed by atoms with van der Waals surface area (Å²) >= 11 is 3.55. The fraction of sp³-hybridized carbons (Fsp3) is 0.429. The number of benzene rings is 1. The summed E-state index contributed by atoms with van der Waals surface area (Å²) in [7, 11) is 0. The normalized spacial score (nSPS) is 14.0. The van der Waals surface area contributed by atoms with Crippen molar-refractivity contribution in [1.82, 2.24) is 14.8 Å². The molecule has 4 rings (SSSR count). The van der Waals surface area contributed by atoms with Crippen molar-refractivity contribution in [3.05, 3.63) is 74.1 Å². The molecule has 1 amide bonds. The molecule has 3 heterocycles. The molecule has 5 N–H and O–H groups in total. The fourth-order valence-corrected chi connectivity index (χ4v) is 5.41. The van der Waals surface area contributed by atoms with Crippen molar-refractivity contribution in [2.24, 2.45) is 5.73 Å². The fourth-order valence-electron chi connectivity index (χ4n) is 4.90. The SMILES string of the molecule is CC(C)(C)c1cc(Br)cc([C@H](CC(=O)O)c2nn(CCc3ccc4c(n3)NCCC4)c(CO)c2C(N)=O)c1. The number of aliphatic hydroxyl groups excluding tert-OH is 1. The molecule has 3 aromatic rings. The van der Waals surface area contributed by atoms with E-state index in [0.717, 1.165) is 40.9 Å². The van der Waals surface area contributed by atoms with E-state index in [0.29, 0.717) is 18.5 Å². The Hall–Kier alpha value is -3.24. The monoisotopic (exact) mass is 583 g/mol. The lowest BCUT2D eigenvalue weighted by Crippen LogP contribution is -2.19. The lowest BCUT2D eigenvalue weighted by molar-refractivity contribution is -0.137. The van der Waals surface area contributed by atoms with Crippen LogP contribution in [0.25, 0.3) is 0 Å². The molecule has 1 aliphatic rings. The molecular formula is C28H34BrN5O4. The number of carboxylic acids is 1. The van der Waals surface area contributed by atoms with Crippen molar-refractivity contribution in [3.63, 3.8) is 0 Å². The molecule has 0 saturated carbocycles. The van der Waals surface area contributed by atoms with E-state index in [1.807, 2.05) is 24.3 Å². The van der Waals surface area contributed by atoms with E-state index in [2.05, 4.69) is 53.2 Å². The summed E-state index contributed by atoms with van der Waals surface area (Å²) in [6.45, 7) is 6.98. The number of hydrogen-bond acceptors (Lipinski definition) is 6. The number of carbonyl (C=O) groups is 2. The van der Waals surface area contributed by atoms with E-state index in [9.17, 15) is 19.8 Å². The maximum Gasteiger partial charge on any atom is 0.304 e. The molecule has 1 aliphatic heterocycles. The first-order chi connectivity index (χ1) is 18.0. The van der Waals surface area contributed by atoms with Crippen molar-refractivity contribution in [3.8, 4) is 0 Å². The molecule has 2 aromatic heterocycles. The second kappa shape index (κ2) is 11.2. The van der Waals surface area contributed by atoms with Crippen molar-refractivity contribution in [2.45, 2.75) is 70.9 Å². The number of primary amides is 1. The summed E-state index contributed by atoms with van der Waals surface area (Å²) < 4.78 is 2.35.